The zero-order chi connectivity index (χ0) is 29.2. The highest BCUT2D eigenvalue weighted by atomic mass is 16.7. The van der Waals surface area contributed by atoms with E-state index in [1.807, 2.05) is 0 Å². The molecule has 3 fully saturated rings. The van der Waals surface area contributed by atoms with Crippen LogP contribution in [0.5, 0.6) is 11.8 Å². The van der Waals surface area contributed by atoms with E-state index in [0.29, 0.717) is 25.6 Å². The van der Waals surface area contributed by atoms with E-state index in [-0.39, 0.29) is 18.4 Å². The first kappa shape index (κ1) is 28.1. The summed E-state index contributed by atoms with van der Waals surface area (Å²) in [5.74, 6) is 1.76. The molecule has 0 amide bonds. The number of piperazine rings is 1. The summed E-state index contributed by atoms with van der Waals surface area (Å²) in [6, 6.07) is 15.5. The number of hydrogen-bond donors (Lipinski definition) is 1. The highest BCUT2D eigenvalue weighted by Crippen LogP contribution is 2.44. The summed E-state index contributed by atoms with van der Waals surface area (Å²) in [5.41, 5.74) is 3.48. The number of nitrogens with zero attached hydrogens (tertiary/aromatic N) is 6. The van der Waals surface area contributed by atoms with Crippen LogP contribution in [-0.2, 0) is 17.7 Å². The Morgan fingerprint density at radius 2 is 1.91 bits per heavy atom. The first-order chi connectivity index (χ1) is 21.2. The number of ether oxygens (including phenoxy) is 3. The fourth-order valence-corrected chi connectivity index (χ4v) is 7.01. The third-order valence-electron chi connectivity index (χ3n) is 9.49. The molecule has 3 aromatic rings. The van der Waals surface area contributed by atoms with Crippen molar-refractivity contribution in [1.29, 1.82) is 5.26 Å². The number of likely N-dealkylation sites (tertiary alicyclic amines) is 1. The van der Waals surface area contributed by atoms with Gasteiger partial charge in [0.1, 0.15) is 18.2 Å². The molecule has 0 spiro atoms. The van der Waals surface area contributed by atoms with Gasteiger partial charge >= 0.3 is 6.01 Å². The normalized spacial score (nSPS) is 21.4. The molecular formula is C33H41N7O3. The van der Waals surface area contributed by atoms with Gasteiger partial charge in [-0.05, 0) is 56.6 Å². The number of nitrogens with one attached hydrogen (secondary N) is 1. The van der Waals surface area contributed by atoms with Crippen LogP contribution in [0.25, 0.3) is 10.8 Å². The van der Waals surface area contributed by atoms with Crippen molar-refractivity contribution in [2.45, 2.75) is 56.7 Å². The van der Waals surface area contributed by atoms with Crippen LogP contribution in [0.15, 0.2) is 36.4 Å². The van der Waals surface area contributed by atoms with Crippen molar-refractivity contribution in [3.8, 4) is 17.8 Å². The molecule has 4 aliphatic rings. The minimum atomic E-state index is 0.125. The molecule has 10 heteroatoms. The summed E-state index contributed by atoms with van der Waals surface area (Å²) in [4.78, 5) is 17.5. The number of rotatable bonds is 10. The number of hydrogen-bond acceptors (Lipinski definition) is 10. The molecule has 1 saturated carbocycles. The topological polar surface area (TPSA) is 99.0 Å². The van der Waals surface area contributed by atoms with E-state index in [0.717, 1.165) is 74.0 Å². The van der Waals surface area contributed by atoms with Crippen LogP contribution in [-0.4, -0.2) is 86.2 Å². The number of methoxy groups -OCH3 is 1. The van der Waals surface area contributed by atoms with E-state index in [1.165, 1.54) is 36.6 Å². The zero-order valence-electron chi connectivity index (χ0n) is 25.1. The first-order valence-electron chi connectivity index (χ1n) is 15.7. The fourth-order valence-electron chi connectivity index (χ4n) is 7.01. The van der Waals surface area contributed by atoms with Crippen LogP contribution < -0.4 is 24.6 Å². The van der Waals surface area contributed by atoms with E-state index in [2.05, 4.69) is 62.5 Å². The van der Waals surface area contributed by atoms with Gasteiger partial charge in [-0.15, -0.1) is 0 Å². The number of fused-ring (bicyclic) bond motifs is 2. The maximum Gasteiger partial charge on any atom is 0.318 e. The zero-order valence-corrected chi connectivity index (χ0v) is 25.1. The minimum absolute atomic E-state index is 0.125. The lowest BCUT2D eigenvalue weighted by atomic mass is 10.0. The lowest BCUT2D eigenvalue weighted by Crippen LogP contribution is -2.51. The molecule has 4 heterocycles. The standard InChI is InChI=1S/C33H41N7O3/c1-41-23-43-26-18-24-6-2-3-7-27(24)30(19-26)38-16-9-28-29(21-38)36-32(42-22-33(10-11-33)40-14-4-5-15-40)37-31(28)39-17-13-35-25(20-39)8-12-34/h2-3,6-7,18-19,25,35H,4-5,8-11,13-17,20-23H2,1H3/t25-/m0/s1. The fraction of sp³-hybridized carbons (Fsp3) is 0.545. The Hall–Kier alpha value is -3.65. The third-order valence-corrected chi connectivity index (χ3v) is 9.49. The third kappa shape index (κ3) is 5.81. The van der Waals surface area contributed by atoms with Crippen molar-refractivity contribution in [1.82, 2.24) is 20.2 Å². The number of benzene rings is 2. The van der Waals surface area contributed by atoms with Crippen molar-refractivity contribution in [2.24, 2.45) is 0 Å². The number of anilines is 2. The Bertz CT molecular complexity index is 1500. The van der Waals surface area contributed by atoms with Gasteiger partial charge < -0.3 is 29.3 Å². The lowest BCUT2D eigenvalue weighted by molar-refractivity contribution is 0.0512. The summed E-state index contributed by atoms with van der Waals surface area (Å²) >= 11 is 0. The summed E-state index contributed by atoms with van der Waals surface area (Å²) in [6.07, 6.45) is 6.22. The van der Waals surface area contributed by atoms with Crippen LogP contribution in [0.1, 0.15) is 43.4 Å². The van der Waals surface area contributed by atoms with Gasteiger partial charge in [-0.25, -0.2) is 0 Å². The van der Waals surface area contributed by atoms with Gasteiger partial charge in [0.15, 0.2) is 6.79 Å². The van der Waals surface area contributed by atoms with Crippen LogP contribution in [0.4, 0.5) is 11.5 Å². The average molecular weight is 584 g/mol. The van der Waals surface area contributed by atoms with Gasteiger partial charge in [-0.1, -0.05) is 24.3 Å². The average Bonchev–Trinajstić information content (AvgIpc) is 3.63. The maximum atomic E-state index is 9.35. The molecule has 1 N–H and O–H groups in total. The molecular weight excluding hydrogens is 542 g/mol. The molecule has 3 aliphatic heterocycles. The van der Waals surface area contributed by atoms with Crippen LogP contribution >= 0.6 is 0 Å². The van der Waals surface area contributed by atoms with Gasteiger partial charge in [0, 0.05) is 62.0 Å². The minimum Gasteiger partial charge on any atom is -0.467 e. The predicted molar refractivity (Wildman–Crippen MR) is 166 cm³/mol. The van der Waals surface area contributed by atoms with E-state index in [9.17, 15) is 5.26 Å². The molecule has 1 atom stereocenters. The van der Waals surface area contributed by atoms with Gasteiger partial charge in [0.05, 0.1) is 30.3 Å². The van der Waals surface area contributed by atoms with Crippen molar-refractivity contribution in [3.63, 3.8) is 0 Å². The van der Waals surface area contributed by atoms with Crippen LogP contribution in [0.2, 0.25) is 0 Å². The first-order valence-corrected chi connectivity index (χ1v) is 15.7. The van der Waals surface area contributed by atoms with Crippen LogP contribution in [0, 0.1) is 11.3 Å². The quantitative estimate of drug-likeness (QED) is 0.354. The second-order valence-electron chi connectivity index (χ2n) is 12.3. The highest BCUT2D eigenvalue weighted by Gasteiger charge is 2.49. The highest BCUT2D eigenvalue weighted by molar-refractivity contribution is 5.95. The molecule has 2 saturated heterocycles. The second-order valence-corrected chi connectivity index (χ2v) is 12.3. The number of nitriles is 1. The Labute approximate surface area is 253 Å². The SMILES string of the molecule is COCOc1cc(N2CCc3c(nc(OCC4(N5CCCC5)CC4)nc3N3CCN[C@@H](CC#N)C3)C2)c2ccccc2c1. The van der Waals surface area contributed by atoms with Crippen molar-refractivity contribution in [3.05, 3.63) is 47.7 Å². The van der Waals surface area contributed by atoms with E-state index >= 15 is 0 Å². The lowest BCUT2D eigenvalue weighted by Gasteiger charge is -2.37. The Morgan fingerprint density at radius 1 is 1.05 bits per heavy atom. The summed E-state index contributed by atoms with van der Waals surface area (Å²) < 4.78 is 17.6. The van der Waals surface area contributed by atoms with E-state index < -0.39 is 0 Å². The van der Waals surface area contributed by atoms with E-state index in [4.69, 9.17) is 24.2 Å². The Morgan fingerprint density at radius 3 is 2.72 bits per heavy atom. The van der Waals surface area contributed by atoms with Crippen molar-refractivity contribution in [2.75, 3.05) is 69.6 Å². The number of aromatic nitrogens is 2. The molecule has 43 heavy (non-hydrogen) atoms. The summed E-state index contributed by atoms with van der Waals surface area (Å²) in [7, 11) is 1.64. The molecule has 2 aromatic carbocycles. The van der Waals surface area contributed by atoms with Crippen molar-refractivity contribution >= 4 is 22.3 Å². The molecule has 226 valence electrons. The Balaban J connectivity index is 1.21. The maximum absolute atomic E-state index is 9.35. The van der Waals surface area contributed by atoms with Gasteiger partial charge in [-0.3, -0.25) is 4.90 Å². The molecule has 7 rings (SSSR count). The molecule has 1 aliphatic carbocycles. The molecule has 10 nitrogen and oxygen atoms in total. The second kappa shape index (κ2) is 12.2. The van der Waals surface area contributed by atoms with Crippen LogP contribution in [0.3, 0.4) is 0 Å². The smallest absolute Gasteiger partial charge is 0.318 e. The largest absolute Gasteiger partial charge is 0.467 e. The summed E-state index contributed by atoms with van der Waals surface area (Å²) in [6.45, 7) is 7.08. The van der Waals surface area contributed by atoms with Gasteiger partial charge in [0.2, 0.25) is 0 Å². The monoisotopic (exact) mass is 583 g/mol. The molecule has 0 bridgehead atoms. The summed E-state index contributed by atoms with van der Waals surface area (Å²) in [5, 5.41) is 15.2. The molecule has 0 unspecified atom stereocenters. The van der Waals surface area contributed by atoms with Gasteiger partial charge in [0.25, 0.3) is 0 Å². The van der Waals surface area contributed by atoms with Gasteiger partial charge in [-0.2, -0.15) is 15.2 Å². The molecule has 1 aromatic heterocycles. The van der Waals surface area contributed by atoms with Crippen molar-refractivity contribution < 1.29 is 14.2 Å². The Kier molecular flexibility index (Phi) is 7.95. The molecule has 0 radical (unpaired) electrons. The van der Waals surface area contributed by atoms with E-state index in [1.54, 1.807) is 7.11 Å². The predicted octanol–water partition coefficient (Wildman–Crippen LogP) is 3.87.